The van der Waals surface area contributed by atoms with Crippen molar-refractivity contribution in [2.75, 3.05) is 13.4 Å². The van der Waals surface area contributed by atoms with Gasteiger partial charge in [-0.2, -0.15) is 0 Å². The third-order valence-corrected chi connectivity index (χ3v) is 2.66. The minimum Gasteiger partial charge on any atom is -0.353 e. The lowest BCUT2D eigenvalue weighted by atomic mass is 10.1. The molecule has 2 aliphatic heterocycles. The quantitative estimate of drug-likeness (QED) is 0.673. The molecule has 2 aliphatic rings. The van der Waals surface area contributed by atoms with Crippen molar-refractivity contribution in [1.29, 1.82) is 0 Å². The van der Waals surface area contributed by atoms with Gasteiger partial charge in [-0.1, -0.05) is 13.8 Å². The van der Waals surface area contributed by atoms with E-state index in [0.717, 1.165) is 0 Å². The second kappa shape index (κ2) is 4.14. The summed E-state index contributed by atoms with van der Waals surface area (Å²) in [6, 6.07) is 0. The molecule has 0 aromatic rings. The molecule has 0 saturated carbocycles. The van der Waals surface area contributed by atoms with E-state index in [1.54, 1.807) is 0 Å². The summed E-state index contributed by atoms with van der Waals surface area (Å²) in [5.74, 6) is 0.379. The van der Waals surface area contributed by atoms with E-state index in [2.05, 4.69) is 13.8 Å². The smallest absolute Gasteiger partial charge is 0.160 e. The van der Waals surface area contributed by atoms with Gasteiger partial charge in [0.05, 0.1) is 12.7 Å². The summed E-state index contributed by atoms with van der Waals surface area (Å²) in [5, 5.41) is 0. The van der Waals surface area contributed by atoms with Crippen LogP contribution in [0.15, 0.2) is 0 Å². The van der Waals surface area contributed by atoms with E-state index in [1.165, 1.54) is 0 Å². The lowest BCUT2D eigenvalue weighted by Crippen LogP contribution is -2.35. The fraction of sp³-hybridized carbons (Fsp3) is 1.00. The minimum atomic E-state index is -0.0980. The Hall–Kier alpha value is -0.160. The molecule has 0 amide bonds. The first-order chi connectivity index (χ1) is 6.68. The molecule has 2 rings (SSSR count). The fourth-order valence-corrected chi connectivity index (χ4v) is 1.83. The Morgan fingerprint density at radius 1 is 1.21 bits per heavy atom. The Labute approximate surface area is 84.5 Å². The lowest BCUT2D eigenvalue weighted by molar-refractivity contribution is -0.108. The lowest BCUT2D eigenvalue weighted by Gasteiger charge is -2.18. The van der Waals surface area contributed by atoms with Crippen molar-refractivity contribution >= 4 is 0 Å². The summed E-state index contributed by atoms with van der Waals surface area (Å²) in [4.78, 5) is 0. The molecule has 3 unspecified atom stereocenters. The molecular formula is C10H18O4. The predicted molar refractivity (Wildman–Crippen MR) is 49.7 cm³/mol. The topological polar surface area (TPSA) is 36.9 Å². The second-order valence-electron chi connectivity index (χ2n) is 4.25. The molecule has 2 fully saturated rings. The molecule has 4 nitrogen and oxygen atoms in total. The number of hydrogen-bond acceptors (Lipinski definition) is 4. The van der Waals surface area contributed by atoms with E-state index in [0.29, 0.717) is 19.3 Å². The van der Waals surface area contributed by atoms with Crippen LogP contribution in [0.2, 0.25) is 0 Å². The fourth-order valence-electron chi connectivity index (χ4n) is 1.83. The maximum atomic E-state index is 5.79. The van der Waals surface area contributed by atoms with Gasteiger partial charge in [-0.3, -0.25) is 0 Å². The van der Waals surface area contributed by atoms with Gasteiger partial charge in [0, 0.05) is 5.92 Å². The zero-order chi connectivity index (χ0) is 10.1. The average molecular weight is 202 g/mol. The summed E-state index contributed by atoms with van der Waals surface area (Å²) in [6.07, 6.45) is 0.0481. The monoisotopic (exact) mass is 202 g/mol. The Morgan fingerprint density at radius 3 is 2.50 bits per heavy atom. The van der Waals surface area contributed by atoms with Crippen molar-refractivity contribution in [3.63, 3.8) is 0 Å². The van der Waals surface area contributed by atoms with Crippen LogP contribution in [0, 0.1) is 5.92 Å². The van der Waals surface area contributed by atoms with Crippen LogP contribution < -0.4 is 0 Å². The molecule has 0 radical (unpaired) electrons. The first-order valence-electron chi connectivity index (χ1n) is 5.18. The highest BCUT2D eigenvalue weighted by Gasteiger charge is 2.41. The molecule has 14 heavy (non-hydrogen) atoms. The molecule has 0 aliphatic carbocycles. The van der Waals surface area contributed by atoms with Crippen molar-refractivity contribution in [3.8, 4) is 0 Å². The summed E-state index contributed by atoms with van der Waals surface area (Å²) < 4.78 is 22.0. The van der Waals surface area contributed by atoms with Crippen LogP contribution in [0.5, 0.6) is 0 Å². The molecule has 0 aromatic heterocycles. The van der Waals surface area contributed by atoms with Crippen LogP contribution in [-0.2, 0) is 18.9 Å². The molecular weight excluding hydrogens is 184 g/mol. The highest BCUT2D eigenvalue weighted by Crippen LogP contribution is 2.28. The van der Waals surface area contributed by atoms with E-state index in [4.69, 9.17) is 18.9 Å². The van der Waals surface area contributed by atoms with Gasteiger partial charge in [-0.15, -0.1) is 0 Å². The van der Waals surface area contributed by atoms with E-state index < -0.39 is 0 Å². The average Bonchev–Trinajstić information content (AvgIpc) is 2.71. The molecule has 0 aromatic carbocycles. The SMILES string of the molecule is CC(C)C1OC(C)C([C@@H]2COCO2)O1. The normalized spacial score (nSPS) is 43.7. The number of rotatable bonds is 2. The van der Waals surface area contributed by atoms with Crippen molar-refractivity contribution in [2.24, 2.45) is 5.92 Å². The van der Waals surface area contributed by atoms with Crippen LogP contribution in [0.1, 0.15) is 20.8 Å². The van der Waals surface area contributed by atoms with Gasteiger partial charge in [0.15, 0.2) is 6.29 Å². The standard InChI is InChI=1S/C10H18O4/c1-6(2)10-13-7(3)9(14-10)8-4-11-5-12-8/h6-10H,4-5H2,1-3H3/t7?,8-,9?,10?/m0/s1. The van der Waals surface area contributed by atoms with Crippen LogP contribution in [0.25, 0.3) is 0 Å². The second-order valence-corrected chi connectivity index (χ2v) is 4.25. The summed E-state index contributed by atoms with van der Waals surface area (Å²) in [5.41, 5.74) is 0. The Bertz CT molecular complexity index is 189. The predicted octanol–water partition coefficient (Wildman–Crippen LogP) is 1.15. The molecule has 4 heteroatoms. The van der Waals surface area contributed by atoms with Crippen molar-refractivity contribution in [1.82, 2.24) is 0 Å². The number of ether oxygens (including phenoxy) is 4. The molecule has 0 spiro atoms. The summed E-state index contributed by atoms with van der Waals surface area (Å²) in [7, 11) is 0. The molecule has 2 heterocycles. The highest BCUT2D eigenvalue weighted by atomic mass is 16.8. The van der Waals surface area contributed by atoms with Gasteiger partial charge in [-0.05, 0) is 6.92 Å². The minimum absolute atomic E-state index is 0.0184. The van der Waals surface area contributed by atoms with Crippen molar-refractivity contribution in [3.05, 3.63) is 0 Å². The van der Waals surface area contributed by atoms with Gasteiger partial charge in [0.1, 0.15) is 19.0 Å². The van der Waals surface area contributed by atoms with Crippen LogP contribution in [-0.4, -0.2) is 38.0 Å². The molecule has 82 valence electrons. The molecule has 2 saturated heterocycles. The molecule has 0 bridgehead atoms. The Balaban J connectivity index is 1.93. The van der Waals surface area contributed by atoms with Gasteiger partial charge in [0.2, 0.25) is 0 Å². The number of hydrogen-bond donors (Lipinski definition) is 0. The largest absolute Gasteiger partial charge is 0.353 e. The Morgan fingerprint density at radius 2 is 2.00 bits per heavy atom. The van der Waals surface area contributed by atoms with Crippen LogP contribution in [0.4, 0.5) is 0 Å². The summed E-state index contributed by atoms with van der Waals surface area (Å²) >= 11 is 0. The van der Waals surface area contributed by atoms with Crippen molar-refractivity contribution < 1.29 is 18.9 Å². The third-order valence-electron chi connectivity index (χ3n) is 2.66. The zero-order valence-electron chi connectivity index (χ0n) is 8.93. The first-order valence-corrected chi connectivity index (χ1v) is 5.18. The highest BCUT2D eigenvalue weighted by molar-refractivity contribution is 4.83. The van der Waals surface area contributed by atoms with Gasteiger partial charge >= 0.3 is 0 Å². The van der Waals surface area contributed by atoms with Crippen LogP contribution >= 0.6 is 0 Å². The Kier molecular flexibility index (Phi) is 3.07. The maximum absolute atomic E-state index is 5.79. The first kappa shape index (κ1) is 10.4. The van der Waals surface area contributed by atoms with Crippen molar-refractivity contribution in [2.45, 2.75) is 45.4 Å². The molecule has 4 atom stereocenters. The van der Waals surface area contributed by atoms with E-state index in [-0.39, 0.29) is 24.6 Å². The molecule has 0 N–H and O–H groups in total. The maximum Gasteiger partial charge on any atom is 0.160 e. The van der Waals surface area contributed by atoms with Gasteiger partial charge < -0.3 is 18.9 Å². The van der Waals surface area contributed by atoms with E-state index >= 15 is 0 Å². The zero-order valence-corrected chi connectivity index (χ0v) is 8.93. The van der Waals surface area contributed by atoms with Gasteiger partial charge in [0.25, 0.3) is 0 Å². The summed E-state index contributed by atoms with van der Waals surface area (Å²) in [6.45, 7) is 7.19. The van der Waals surface area contributed by atoms with E-state index in [1.807, 2.05) is 6.92 Å². The van der Waals surface area contributed by atoms with Gasteiger partial charge in [-0.25, -0.2) is 0 Å². The third kappa shape index (κ3) is 1.93. The van der Waals surface area contributed by atoms with E-state index in [9.17, 15) is 0 Å². The van der Waals surface area contributed by atoms with Crippen LogP contribution in [0.3, 0.4) is 0 Å².